The molecule has 2 aromatic carbocycles. The van der Waals surface area contributed by atoms with E-state index in [1.807, 2.05) is 24.3 Å². The van der Waals surface area contributed by atoms with Gasteiger partial charge in [-0.3, -0.25) is 0 Å². The van der Waals surface area contributed by atoms with Gasteiger partial charge in [-0.1, -0.05) is 18.2 Å². The summed E-state index contributed by atoms with van der Waals surface area (Å²) in [6.07, 6.45) is -0.603. The average Bonchev–Trinajstić information content (AvgIpc) is 2.52. The first-order valence-corrected chi connectivity index (χ1v) is 6.62. The van der Waals surface area contributed by atoms with Crippen LogP contribution in [0.4, 0.5) is 0 Å². The second kappa shape index (κ2) is 6.78. The third kappa shape index (κ3) is 3.53. The van der Waals surface area contributed by atoms with Crippen LogP contribution in [0.3, 0.4) is 0 Å². The first-order chi connectivity index (χ1) is 10.2. The molecule has 0 aromatic heterocycles. The maximum atomic E-state index is 9.74. The fraction of sp³-hybridized carbons (Fsp3) is 0.235. The molecule has 0 fully saturated rings. The molecule has 0 heterocycles. The lowest BCUT2D eigenvalue weighted by molar-refractivity contribution is 0.190. The van der Waals surface area contributed by atoms with Crippen LogP contribution in [0.2, 0.25) is 0 Å². The number of nitriles is 1. The zero-order valence-corrected chi connectivity index (χ0v) is 12.0. The summed E-state index contributed by atoms with van der Waals surface area (Å²) in [7, 11) is 1.58. The Bertz CT molecular complexity index is 659. The number of nitrogens with zero attached hydrogens (tertiary/aromatic N) is 1. The first-order valence-electron chi connectivity index (χ1n) is 6.62. The van der Waals surface area contributed by atoms with E-state index in [1.165, 1.54) is 0 Å². The lowest BCUT2D eigenvalue weighted by Crippen LogP contribution is -2.02. The van der Waals surface area contributed by atoms with Crippen molar-refractivity contribution >= 4 is 0 Å². The summed E-state index contributed by atoms with van der Waals surface area (Å²) in [5.41, 5.74) is 2.07. The minimum Gasteiger partial charge on any atom is -0.496 e. The van der Waals surface area contributed by atoms with Crippen LogP contribution in [0, 0.1) is 11.3 Å². The lowest BCUT2D eigenvalue weighted by Gasteiger charge is -2.14. The zero-order chi connectivity index (χ0) is 15.2. The number of benzene rings is 2. The second-order valence-corrected chi connectivity index (χ2v) is 4.64. The smallest absolute Gasteiger partial charge is 0.125 e. The van der Waals surface area contributed by atoms with Crippen molar-refractivity contribution in [2.24, 2.45) is 0 Å². The van der Waals surface area contributed by atoms with E-state index < -0.39 is 6.10 Å². The minimum atomic E-state index is -0.603. The molecule has 1 N–H and O–H groups in total. The van der Waals surface area contributed by atoms with E-state index in [2.05, 4.69) is 6.07 Å². The molecule has 0 spiro atoms. The van der Waals surface area contributed by atoms with Gasteiger partial charge in [0, 0.05) is 11.1 Å². The predicted octanol–water partition coefficient (Wildman–Crippen LogP) is 3.20. The summed E-state index contributed by atoms with van der Waals surface area (Å²) < 4.78 is 11.0. The number of aliphatic hydroxyl groups excluding tert-OH is 1. The molecular formula is C17H17NO3. The molecule has 21 heavy (non-hydrogen) atoms. The van der Waals surface area contributed by atoms with Gasteiger partial charge < -0.3 is 14.6 Å². The maximum Gasteiger partial charge on any atom is 0.125 e. The number of aliphatic hydroxyl groups is 1. The summed E-state index contributed by atoms with van der Waals surface area (Å²) in [6.45, 7) is 1.96. The van der Waals surface area contributed by atoms with E-state index in [9.17, 15) is 5.11 Å². The van der Waals surface area contributed by atoms with Gasteiger partial charge >= 0.3 is 0 Å². The molecule has 0 saturated heterocycles. The van der Waals surface area contributed by atoms with Gasteiger partial charge in [0.15, 0.2) is 0 Å². The van der Waals surface area contributed by atoms with Crippen molar-refractivity contribution in [1.29, 1.82) is 5.26 Å². The fourth-order valence-corrected chi connectivity index (χ4v) is 2.07. The van der Waals surface area contributed by atoms with Gasteiger partial charge in [-0.2, -0.15) is 5.26 Å². The molecule has 0 unspecified atom stereocenters. The molecule has 0 amide bonds. The Morgan fingerprint density at radius 2 is 1.95 bits per heavy atom. The second-order valence-electron chi connectivity index (χ2n) is 4.64. The summed E-state index contributed by atoms with van der Waals surface area (Å²) in [4.78, 5) is 0. The Morgan fingerprint density at radius 1 is 1.19 bits per heavy atom. The van der Waals surface area contributed by atoms with Crippen molar-refractivity contribution < 1.29 is 14.6 Å². The average molecular weight is 283 g/mol. The highest BCUT2D eigenvalue weighted by Gasteiger charge is 2.10. The molecule has 1 atom stereocenters. The summed E-state index contributed by atoms with van der Waals surface area (Å²) in [6, 6.07) is 14.6. The standard InChI is InChI=1S/C17H17NO3/c1-12(19)15-5-3-4-6-17(15)21-11-14-9-13(10-18)7-8-16(14)20-2/h3-9,12,19H,11H2,1-2H3/t12-/m0/s1. The number of hydrogen-bond acceptors (Lipinski definition) is 4. The van der Waals surface area contributed by atoms with Crippen molar-refractivity contribution in [3.8, 4) is 17.6 Å². The maximum absolute atomic E-state index is 9.74. The van der Waals surface area contributed by atoms with E-state index in [4.69, 9.17) is 14.7 Å². The normalized spacial score (nSPS) is 11.5. The Balaban J connectivity index is 2.22. The molecule has 0 aliphatic rings. The van der Waals surface area contributed by atoms with Crippen LogP contribution < -0.4 is 9.47 Å². The Hall–Kier alpha value is -2.51. The SMILES string of the molecule is COc1ccc(C#N)cc1COc1ccccc1[C@H](C)O. The molecule has 4 heteroatoms. The third-order valence-corrected chi connectivity index (χ3v) is 3.16. The third-order valence-electron chi connectivity index (χ3n) is 3.16. The first kappa shape index (κ1) is 14.9. The highest BCUT2D eigenvalue weighted by atomic mass is 16.5. The van der Waals surface area contributed by atoms with Crippen LogP contribution in [0.1, 0.15) is 29.7 Å². The molecule has 0 radical (unpaired) electrons. The van der Waals surface area contributed by atoms with Crippen molar-refractivity contribution in [3.63, 3.8) is 0 Å². The summed E-state index contributed by atoms with van der Waals surface area (Å²) >= 11 is 0. The van der Waals surface area contributed by atoms with Gasteiger partial charge in [0.25, 0.3) is 0 Å². The highest BCUT2D eigenvalue weighted by Crippen LogP contribution is 2.27. The van der Waals surface area contributed by atoms with Gasteiger partial charge in [0.2, 0.25) is 0 Å². The molecule has 2 aromatic rings. The molecule has 0 aliphatic heterocycles. The monoisotopic (exact) mass is 283 g/mol. The largest absolute Gasteiger partial charge is 0.496 e. The molecule has 2 rings (SSSR count). The number of para-hydroxylation sites is 1. The van der Waals surface area contributed by atoms with Crippen molar-refractivity contribution in [3.05, 3.63) is 59.2 Å². The Morgan fingerprint density at radius 3 is 2.62 bits per heavy atom. The van der Waals surface area contributed by atoms with Gasteiger partial charge in [-0.05, 0) is 31.2 Å². The van der Waals surface area contributed by atoms with E-state index in [0.29, 0.717) is 17.1 Å². The van der Waals surface area contributed by atoms with Gasteiger partial charge in [-0.15, -0.1) is 0 Å². The number of methoxy groups -OCH3 is 1. The molecule has 0 aliphatic carbocycles. The molecule has 4 nitrogen and oxygen atoms in total. The van der Waals surface area contributed by atoms with Crippen LogP contribution in [0.15, 0.2) is 42.5 Å². The van der Waals surface area contributed by atoms with Gasteiger partial charge in [0.1, 0.15) is 18.1 Å². The Kier molecular flexibility index (Phi) is 4.81. The minimum absolute atomic E-state index is 0.266. The van der Waals surface area contributed by atoms with Crippen molar-refractivity contribution in [2.75, 3.05) is 7.11 Å². The van der Waals surface area contributed by atoms with Crippen LogP contribution in [-0.2, 0) is 6.61 Å². The molecule has 108 valence electrons. The number of hydrogen-bond donors (Lipinski definition) is 1. The fourth-order valence-electron chi connectivity index (χ4n) is 2.07. The summed E-state index contributed by atoms with van der Waals surface area (Å²) in [5.74, 6) is 1.29. The number of ether oxygens (including phenoxy) is 2. The van der Waals surface area contributed by atoms with Crippen LogP contribution in [0.25, 0.3) is 0 Å². The van der Waals surface area contributed by atoms with E-state index in [0.717, 1.165) is 11.1 Å². The van der Waals surface area contributed by atoms with Crippen LogP contribution in [0.5, 0.6) is 11.5 Å². The van der Waals surface area contributed by atoms with Gasteiger partial charge in [0.05, 0.1) is 24.8 Å². The predicted molar refractivity (Wildman–Crippen MR) is 79.1 cm³/mol. The highest BCUT2D eigenvalue weighted by molar-refractivity contribution is 5.42. The lowest BCUT2D eigenvalue weighted by atomic mass is 10.1. The van der Waals surface area contributed by atoms with Gasteiger partial charge in [-0.25, -0.2) is 0 Å². The molecule has 0 bridgehead atoms. The van der Waals surface area contributed by atoms with E-state index in [-0.39, 0.29) is 6.61 Å². The number of rotatable bonds is 5. The topological polar surface area (TPSA) is 62.5 Å². The summed E-state index contributed by atoms with van der Waals surface area (Å²) in [5, 5.41) is 18.7. The zero-order valence-electron chi connectivity index (χ0n) is 12.0. The van der Waals surface area contributed by atoms with Crippen molar-refractivity contribution in [2.45, 2.75) is 19.6 Å². The quantitative estimate of drug-likeness (QED) is 0.915. The van der Waals surface area contributed by atoms with Crippen molar-refractivity contribution in [1.82, 2.24) is 0 Å². The Labute approximate surface area is 124 Å². The van der Waals surface area contributed by atoms with Crippen LogP contribution >= 0.6 is 0 Å². The molecule has 0 saturated carbocycles. The molecular weight excluding hydrogens is 266 g/mol. The van der Waals surface area contributed by atoms with E-state index >= 15 is 0 Å². The van der Waals surface area contributed by atoms with E-state index in [1.54, 1.807) is 32.2 Å². The van der Waals surface area contributed by atoms with Crippen LogP contribution in [-0.4, -0.2) is 12.2 Å².